The normalized spacial score (nSPS) is 14.0. The van der Waals surface area contributed by atoms with Crippen molar-refractivity contribution in [2.75, 3.05) is 0 Å². The highest BCUT2D eigenvalue weighted by Crippen LogP contribution is 2.44. The average molecular weight is 299 g/mol. The van der Waals surface area contributed by atoms with Crippen LogP contribution in [0, 0.1) is 0 Å². The van der Waals surface area contributed by atoms with Gasteiger partial charge in [-0.1, -0.05) is 55.4 Å². The van der Waals surface area contributed by atoms with E-state index in [-0.39, 0.29) is 5.78 Å². The molecular formula is C17H34O2Si. The molecule has 0 aliphatic heterocycles. The molecule has 0 aromatic carbocycles. The van der Waals surface area contributed by atoms with E-state index in [2.05, 4.69) is 48.5 Å². The maximum absolute atomic E-state index is 12.0. The smallest absolute Gasteiger partial charge is 0.258 e. The molecule has 0 rings (SSSR count). The Labute approximate surface area is 127 Å². The van der Waals surface area contributed by atoms with Gasteiger partial charge in [0.2, 0.25) is 0 Å². The van der Waals surface area contributed by atoms with Gasteiger partial charge < -0.3 is 4.43 Å². The molecule has 0 spiro atoms. The summed E-state index contributed by atoms with van der Waals surface area (Å²) < 4.78 is 6.65. The Hall–Kier alpha value is -0.573. The van der Waals surface area contributed by atoms with Crippen LogP contribution >= 0.6 is 0 Å². The Morgan fingerprint density at radius 2 is 1.30 bits per heavy atom. The van der Waals surface area contributed by atoms with Crippen LogP contribution in [0.4, 0.5) is 0 Å². The number of allylic oxidation sites excluding steroid dienone is 2. The molecule has 0 saturated heterocycles. The summed E-state index contributed by atoms with van der Waals surface area (Å²) in [5.41, 5.74) is 2.43. The van der Waals surface area contributed by atoms with Crippen LogP contribution in [-0.2, 0) is 9.22 Å². The van der Waals surface area contributed by atoms with Gasteiger partial charge >= 0.3 is 0 Å². The third kappa shape index (κ3) is 3.97. The van der Waals surface area contributed by atoms with Gasteiger partial charge in [0.25, 0.3) is 8.32 Å². The maximum Gasteiger partial charge on any atom is 0.258 e. The van der Waals surface area contributed by atoms with Gasteiger partial charge in [-0.25, -0.2) is 0 Å². The second-order valence-electron chi connectivity index (χ2n) is 6.60. The predicted octanol–water partition coefficient (Wildman–Crippen LogP) is 5.84. The molecule has 0 unspecified atom stereocenters. The SMILES string of the molecule is CCC(=O)/C(C)=C(\CC)O[Si](C(C)C)(C(C)C)C(C)C. The Morgan fingerprint density at radius 3 is 1.55 bits per heavy atom. The molecule has 0 aliphatic rings. The second-order valence-corrected chi connectivity index (χ2v) is 12.0. The van der Waals surface area contributed by atoms with E-state index in [1.54, 1.807) is 0 Å². The van der Waals surface area contributed by atoms with Gasteiger partial charge in [0.05, 0.1) is 5.76 Å². The minimum absolute atomic E-state index is 0.209. The van der Waals surface area contributed by atoms with Crippen LogP contribution in [-0.4, -0.2) is 14.1 Å². The van der Waals surface area contributed by atoms with Crippen LogP contribution in [0.2, 0.25) is 16.6 Å². The van der Waals surface area contributed by atoms with E-state index < -0.39 is 8.32 Å². The quantitative estimate of drug-likeness (QED) is 0.319. The van der Waals surface area contributed by atoms with E-state index in [0.29, 0.717) is 23.0 Å². The molecular weight excluding hydrogens is 264 g/mol. The summed E-state index contributed by atoms with van der Waals surface area (Å²) in [5.74, 6) is 1.14. The molecule has 0 bridgehead atoms. The van der Waals surface area contributed by atoms with Crippen LogP contribution in [0.5, 0.6) is 0 Å². The van der Waals surface area contributed by atoms with Crippen molar-refractivity contribution in [3.05, 3.63) is 11.3 Å². The minimum Gasteiger partial charge on any atom is -0.545 e. The first-order valence-corrected chi connectivity index (χ1v) is 10.2. The molecule has 0 fully saturated rings. The lowest BCUT2D eigenvalue weighted by atomic mass is 10.1. The molecule has 0 saturated carbocycles. The van der Waals surface area contributed by atoms with Crippen molar-refractivity contribution in [1.29, 1.82) is 0 Å². The summed E-state index contributed by atoms with van der Waals surface area (Å²) in [5, 5.41) is 0. The lowest BCUT2D eigenvalue weighted by molar-refractivity contribution is -0.115. The number of hydrogen-bond donors (Lipinski definition) is 0. The number of carbonyl (C=O) groups excluding carboxylic acids is 1. The Morgan fingerprint density at radius 1 is 0.900 bits per heavy atom. The summed E-state index contributed by atoms with van der Waals surface area (Å²) in [4.78, 5) is 12.0. The highest BCUT2D eigenvalue weighted by molar-refractivity contribution is 6.77. The molecule has 0 atom stereocenters. The fraction of sp³-hybridized carbons (Fsp3) is 0.824. The van der Waals surface area contributed by atoms with Crippen molar-refractivity contribution in [3.63, 3.8) is 0 Å². The summed E-state index contributed by atoms with van der Waals surface area (Å²) in [7, 11) is -1.94. The number of carbonyl (C=O) groups is 1. The van der Waals surface area contributed by atoms with Crippen LogP contribution < -0.4 is 0 Å². The van der Waals surface area contributed by atoms with E-state index in [4.69, 9.17) is 4.43 Å². The Balaban J connectivity index is 5.71. The molecule has 0 N–H and O–H groups in total. The zero-order valence-corrected chi connectivity index (χ0v) is 16.0. The molecule has 0 aromatic rings. The van der Waals surface area contributed by atoms with Crippen molar-refractivity contribution in [3.8, 4) is 0 Å². The zero-order chi connectivity index (χ0) is 16.1. The first-order valence-electron chi connectivity index (χ1n) is 8.06. The van der Waals surface area contributed by atoms with Crippen molar-refractivity contribution < 1.29 is 9.22 Å². The Bertz CT molecular complexity index is 332. The minimum atomic E-state index is -1.94. The first kappa shape index (κ1) is 19.4. The highest BCUT2D eigenvalue weighted by atomic mass is 28.4. The van der Waals surface area contributed by atoms with Crippen LogP contribution in [0.1, 0.15) is 75.2 Å². The van der Waals surface area contributed by atoms with Crippen LogP contribution in [0.15, 0.2) is 11.3 Å². The lowest BCUT2D eigenvalue weighted by Crippen LogP contribution is -2.47. The Kier molecular flexibility index (Phi) is 7.78. The van der Waals surface area contributed by atoms with E-state index in [9.17, 15) is 4.79 Å². The standard InChI is InChI=1S/C17H34O2Si/c1-10-16(18)15(9)17(11-2)19-20(12(3)4,13(5)6)14(7)8/h12-14H,10-11H2,1-9H3/b17-15+. The molecule has 0 aromatic heterocycles. The number of hydrogen-bond acceptors (Lipinski definition) is 2. The van der Waals surface area contributed by atoms with Crippen LogP contribution in [0.3, 0.4) is 0 Å². The molecule has 2 nitrogen and oxygen atoms in total. The maximum atomic E-state index is 12.0. The monoisotopic (exact) mass is 298 g/mol. The highest BCUT2D eigenvalue weighted by Gasteiger charge is 2.47. The number of ketones is 1. The molecule has 0 heterocycles. The molecule has 0 aliphatic carbocycles. The van der Waals surface area contributed by atoms with Gasteiger partial charge in [-0.2, -0.15) is 0 Å². The van der Waals surface area contributed by atoms with E-state index in [1.807, 2.05) is 13.8 Å². The van der Waals surface area contributed by atoms with Crippen LogP contribution in [0.25, 0.3) is 0 Å². The van der Waals surface area contributed by atoms with Gasteiger partial charge in [-0.15, -0.1) is 0 Å². The summed E-state index contributed by atoms with van der Waals surface area (Å²) in [6, 6.07) is 0. The zero-order valence-electron chi connectivity index (χ0n) is 15.0. The molecule has 20 heavy (non-hydrogen) atoms. The molecule has 0 radical (unpaired) electrons. The summed E-state index contributed by atoms with van der Waals surface area (Å²) in [6.07, 6.45) is 1.36. The second kappa shape index (κ2) is 8.01. The topological polar surface area (TPSA) is 26.3 Å². The fourth-order valence-corrected chi connectivity index (χ4v) is 8.83. The summed E-state index contributed by atoms with van der Waals surface area (Å²) >= 11 is 0. The van der Waals surface area contributed by atoms with E-state index in [1.165, 1.54) is 0 Å². The van der Waals surface area contributed by atoms with Crippen molar-refractivity contribution in [2.24, 2.45) is 0 Å². The molecule has 0 amide bonds. The average Bonchev–Trinajstić information content (AvgIpc) is 2.37. The van der Waals surface area contributed by atoms with Gasteiger partial charge in [-0.05, 0) is 23.5 Å². The van der Waals surface area contributed by atoms with Gasteiger partial charge in [0.1, 0.15) is 0 Å². The van der Waals surface area contributed by atoms with Gasteiger partial charge in [0, 0.05) is 18.4 Å². The third-order valence-corrected chi connectivity index (χ3v) is 10.5. The summed E-state index contributed by atoms with van der Waals surface area (Å²) in [6.45, 7) is 19.6. The van der Waals surface area contributed by atoms with Gasteiger partial charge in [0.15, 0.2) is 5.78 Å². The largest absolute Gasteiger partial charge is 0.545 e. The van der Waals surface area contributed by atoms with Crippen molar-refractivity contribution in [1.82, 2.24) is 0 Å². The fourth-order valence-electron chi connectivity index (χ4n) is 3.40. The van der Waals surface area contributed by atoms with E-state index in [0.717, 1.165) is 17.8 Å². The predicted molar refractivity (Wildman–Crippen MR) is 90.4 cm³/mol. The molecule has 118 valence electrons. The molecule has 3 heteroatoms. The number of rotatable bonds is 8. The van der Waals surface area contributed by atoms with Crippen molar-refractivity contribution >= 4 is 14.1 Å². The first-order chi connectivity index (χ1) is 9.14. The van der Waals surface area contributed by atoms with Gasteiger partial charge in [-0.3, -0.25) is 4.79 Å². The van der Waals surface area contributed by atoms with E-state index >= 15 is 0 Å². The lowest BCUT2D eigenvalue weighted by Gasteiger charge is -2.43. The third-order valence-electron chi connectivity index (χ3n) is 4.49. The number of Topliss-reactive ketones (excluding diaryl/α,β-unsaturated/α-hetero) is 1. The van der Waals surface area contributed by atoms with Crippen molar-refractivity contribution in [2.45, 2.75) is 91.8 Å².